The van der Waals surface area contributed by atoms with Gasteiger partial charge in [0.15, 0.2) is 0 Å². The summed E-state index contributed by atoms with van der Waals surface area (Å²) in [6.07, 6.45) is 4.32. The molecule has 3 fully saturated rings. The molecule has 0 unspecified atom stereocenters. The summed E-state index contributed by atoms with van der Waals surface area (Å²) in [6, 6.07) is 7.74. The zero-order valence-electron chi connectivity index (χ0n) is 12.1. The van der Waals surface area contributed by atoms with Gasteiger partial charge in [-0.1, -0.05) is 15.9 Å². The molecular formula is C17H18BrCl2NO. The molecule has 0 spiro atoms. The van der Waals surface area contributed by atoms with E-state index in [4.69, 9.17) is 23.2 Å². The van der Waals surface area contributed by atoms with Crippen LogP contribution >= 0.6 is 39.1 Å². The van der Waals surface area contributed by atoms with Gasteiger partial charge in [-0.2, -0.15) is 0 Å². The molecule has 22 heavy (non-hydrogen) atoms. The second kappa shape index (κ2) is 5.39. The van der Waals surface area contributed by atoms with Crippen molar-refractivity contribution in [3.63, 3.8) is 0 Å². The summed E-state index contributed by atoms with van der Waals surface area (Å²) in [7, 11) is 0. The topological polar surface area (TPSA) is 29.1 Å². The van der Waals surface area contributed by atoms with Crippen LogP contribution in [-0.2, 0) is 4.79 Å². The van der Waals surface area contributed by atoms with Gasteiger partial charge < -0.3 is 5.32 Å². The predicted molar refractivity (Wildman–Crippen MR) is 93.1 cm³/mol. The van der Waals surface area contributed by atoms with Crippen molar-refractivity contribution in [1.29, 1.82) is 0 Å². The molecule has 0 aliphatic heterocycles. The Morgan fingerprint density at radius 3 is 2.14 bits per heavy atom. The lowest BCUT2D eigenvalue weighted by atomic mass is 10.0. The van der Waals surface area contributed by atoms with Crippen LogP contribution in [0.1, 0.15) is 25.7 Å². The van der Waals surface area contributed by atoms with Gasteiger partial charge in [0.1, 0.15) is 4.33 Å². The molecule has 0 heterocycles. The van der Waals surface area contributed by atoms with E-state index < -0.39 is 4.33 Å². The molecule has 1 N–H and O–H groups in total. The van der Waals surface area contributed by atoms with Crippen LogP contribution in [0.2, 0.25) is 0 Å². The summed E-state index contributed by atoms with van der Waals surface area (Å²) in [6.45, 7) is 0. The lowest BCUT2D eigenvalue weighted by Crippen LogP contribution is -2.15. The predicted octanol–water partition coefficient (Wildman–Crippen LogP) is 5.24. The van der Waals surface area contributed by atoms with Crippen LogP contribution in [0, 0.1) is 29.6 Å². The number of anilines is 1. The first-order valence-corrected chi connectivity index (χ1v) is 9.47. The number of hydrogen-bond acceptors (Lipinski definition) is 1. The Labute approximate surface area is 149 Å². The second-order valence-electron chi connectivity index (χ2n) is 6.89. The van der Waals surface area contributed by atoms with Crippen LogP contribution in [0.3, 0.4) is 0 Å². The number of amides is 1. The van der Waals surface area contributed by atoms with Gasteiger partial charge >= 0.3 is 0 Å². The van der Waals surface area contributed by atoms with Crippen LogP contribution in [-0.4, -0.2) is 10.2 Å². The fraction of sp³-hybridized carbons (Fsp3) is 0.588. The number of fused-ring (bicyclic) bond motifs is 2. The molecule has 3 aliphatic rings. The molecule has 1 aromatic rings. The molecule has 0 radical (unpaired) electrons. The summed E-state index contributed by atoms with van der Waals surface area (Å²) in [5, 5.41) is 3.06. The summed E-state index contributed by atoms with van der Waals surface area (Å²) >= 11 is 16.0. The summed E-state index contributed by atoms with van der Waals surface area (Å²) in [5.74, 6) is 2.32. The molecule has 0 bridgehead atoms. The van der Waals surface area contributed by atoms with E-state index in [9.17, 15) is 4.79 Å². The molecule has 1 amide bonds. The maximum atomic E-state index is 12.5. The SMILES string of the molecule is O=C(Nc1ccc(Br)cc1)C1[C@@H]2CC[C@@H]3[C@@H](CC[C@@H]12)C3(Cl)Cl. The number of nitrogens with one attached hydrogen (secondary N) is 1. The monoisotopic (exact) mass is 401 g/mol. The van der Waals surface area contributed by atoms with Crippen molar-refractivity contribution in [3.8, 4) is 0 Å². The van der Waals surface area contributed by atoms with Gasteiger partial charge in [-0.25, -0.2) is 0 Å². The number of carbonyl (C=O) groups is 1. The Bertz CT molecular complexity index is 581. The average Bonchev–Trinajstić information content (AvgIpc) is 3.26. The van der Waals surface area contributed by atoms with E-state index in [2.05, 4.69) is 21.2 Å². The standard InChI is InChI=1S/C17H18BrCl2NO/c18-9-1-3-10(4-2-9)21-16(22)15-11-5-7-13-14(17(13,19)20)8-6-12(11)15/h1-4,11-15H,5-8H2,(H,21,22)/t11-,12-,13-,14-/m1/s1. The van der Waals surface area contributed by atoms with Gasteiger partial charge in [-0.05, 0) is 73.6 Å². The summed E-state index contributed by atoms with van der Waals surface area (Å²) < 4.78 is 0.537. The van der Waals surface area contributed by atoms with Crippen LogP contribution in [0.4, 0.5) is 5.69 Å². The number of rotatable bonds is 2. The molecule has 3 saturated carbocycles. The third-order valence-electron chi connectivity index (χ3n) is 5.73. The fourth-order valence-electron chi connectivity index (χ4n) is 4.37. The highest BCUT2D eigenvalue weighted by Gasteiger charge is 2.65. The van der Waals surface area contributed by atoms with E-state index in [1.54, 1.807) is 0 Å². The largest absolute Gasteiger partial charge is 0.326 e. The molecule has 4 rings (SSSR count). The van der Waals surface area contributed by atoms with Crippen molar-refractivity contribution < 1.29 is 4.79 Å². The number of carbonyl (C=O) groups excluding carboxylic acids is 1. The fourth-order valence-corrected chi connectivity index (χ4v) is 5.55. The van der Waals surface area contributed by atoms with Crippen molar-refractivity contribution in [1.82, 2.24) is 0 Å². The second-order valence-corrected chi connectivity index (χ2v) is 9.25. The Kier molecular flexibility index (Phi) is 3.75. The number of benzene rings is 1. The number of halogens is 3. The van der Waals surface area contributed by atoms with Crippen LogP contribution in [0.15, 0.2) is 28.7 Å². The Morgan fingerprint density at radius 1 is 1.05 bits per heavy atom. The summed E-state index contributed by atoms with van der Waals surface area (Å²) in [5.41, 5.74) is 0.871. The molecule has 118 valence electrons. The van der Waals surface area contributed by atoms with Gasteiger partial charge in [0.2, 0.25) is 5.91 Å². The third-order valence-corrected chi connectivity index (χ3v) is 7.38. The molecule has 5 heteroatoms. The van der Waals surface area contributed by atoms with Crippen molar-refractivity contribution in [2.45, 2.75) is 30.0 Å². The van der Waals surface area contributed by atoms with E-state index in [0.717, 1.165) is 35.8 Å². The maximum absolute atomic E-state index is 12.5. The zero-order valence-corrected chi connectivity index (χ0v) is 15.2. The highest BCUT2D eigenvalue weighted by molar-refractivity contribution is 9.10. The van der Waals surface area contributed by atoms with Crippen molar-refractivity contribution in [2.24, 2.45) is 29.6 Å². The molecule has 0 saturated heterocycles. The number of alkyl halides is 2. The van der Waals surface area contributed by atoms with Gasteiger partial charge in [-0.3, -0.25) is 4.79 Å². The first-order chi connectivity index (χ1) is 10.5. The Balaban J connectivity index is 1.37. The minimum atomic E-state index is -0.480. The van der Waals surface area contributed by atoms with Gasteiger partial charge in [0.05, 0.1) is 0 Å². The maximum Gasteiger partial charge on any atom is 0.228 e. The molecule has 1 aromatic carbocycles. The third kappa shape index (κ3) is 2.59. The average molecular weight is 403 g/mol. The Morgan fingerprint density at radius 2 is 1.59 bits per heavy atom. The van der Waals surface area contributed by atoms with Crippen LogP contribution in [0.5, 0.6) is 0 Å². The van der Waals surface area contributed by atoms with Gasteiger partial charge in [0.25, 0.3) is 0 Å². The number of hydrogen-bond donors (Lipinski definition) is 1. The van der Waals surface area contributed by atoms with Crippen LogP contribution in [0.25, 0.3) is 0 Å². The van der Waals surface area contributed by atoms with E-state index in [1.165, 1.54) is 0 Å². The first-order valence-electron chi connectivity index (χ1n) is 7.92. The molecule has 0 aromatic heterocycles. The zero-order chi connectivity index (χ0) is 15.5. The van der Waals surface area contributed by atoms with E-state index in [1.807, 2.05) is 24.3 Å². The molecule has 2 nitrogen and oxygen atoms in total. The van der Waals surface area contributed by atoms with Crippen molar-refractivity contribution in [2.75, 3.05) is 5.32 Å². The minimum Gasteiger partial charge on any atom is -0.326 e. The van der Waals surface area contributed by atoms with Gasteiger partial charge in [-0.15, -0.1) is 23.2 Å². The van der Waals surface area contributed by atoms with Gasteiger partial charge in [0, 0.05) is 16.1 Å². The summed E-state index contributed by atoms with van der Waals surface area (Å²) in [4.78, 5) is 12.5. The quantitative estimate of drug-likeness (QED) is 0.673. The molecule has 3 aliphatic carbocycles. The molecular weight excluding hydrogens is 385 g/mol. The van der Waals surface area contributed by atoms with E-state index >= 15 is 0 Å². The van der Waals surface area contributed by atoms with Crippen molar-refractivity contribution >= 4 is 50.7 Å². The van der Waals surface area contributed by atoms with Crippen molar-refractivity contribution in [3.05, 3.63) is 28.7 Å². The Hall–Kier alpha value is -0.250. The first kappa shape index (κ1) is 15.3. The van der Waals surface area contributed by atoms with E-state index in [0.29, 0.717) is 23.7 Å². The highest BCUT2D eigenvalue weighted by atomic mass is 79.9. The smallest absolute Gasteiger partial charge is 0.228 e. The lowest BCUT2D eigenvalue weighted by Gasteiger charge is -2.05. The van der Waals surface area contributed by atoms with Crippen LogP contribution < -0.4 is 5.32 Å². The minimum absolute atomic E-state index is 0.177. The normalized spacial score (nSPS) is 38.0. The van der Waals surface area contributed by atoms with E-state index in [-0.39, 0.29) is 11.8 Å². The lowest BCUT2D eigenvalue weighted by molar-refractivity contribution is -0.117. The molecule has 4 atom stereocenters. The highest BCUT2D eigenvalue weighted by Crippen LogP contribution is 2.67.